The largest absolute Gasteiger partial charge is 0.497 e. The summed E-state index contributed by atoms with van der Waals surface area (Å²) in [6, 6.07) is 12.6. The maximum absolute atomic E-state index is 12.3. The molecule has 0 saturated heterocycles. The van der Waals surface area contributed by atoms with Gasteiger partial charge >= 0.3 is 5.97 Å². The molecule has 0 fully saturated rings. The van der Waals surface area contributed by atoms with Crippen LogP contribution in [0.1, 0.15) is 51.5 Å². The van der Waals surface area contributed by atoms with Gasteiger partial charge in [0, 0.05) is 5.41 Å². The van der Waals surface area contributed by atoms with Gasteiger partial charge in [-0.05, 0) is 59.4 Å². The summed E-state index contributed by atoms with van der Waals surface area (Å²) in [5, 5.41) is 2.34. The molecule has 2 aromatic rings. The molecule has 0 aromatic heterocycles. The Labute approximate surface area is 156 Å². The van der Waals surface area contributed by atoms with E-state index < -0.39 is 0 Å². The average Bonchev–Trinajstić information content (AvgIpc) is 3.02. The number of benzene rings is 2. The number of rotatable bonds is 7. The molecule has 0 N–H and O–H groups in total. The van der Waals surface area contributed by atoms with E-state index in [1.807, 2.05) is 12.1 Å². The monoisotopic (exact) mass is 352 g/mol. The Morgan fingerprint density at radius 1 is 1.15 bits per heavy atom. The van der Waals surface area contributed by atoms with Crippen LogP contribution in [0.25, 0.3) is 16.3 Å². The Hall–Kier alpha value is -2.29. The molecule has 1 aliphatic rings. The maximum Gasteiger partial charge on any atom is 0.306 e. The second kappa shape index (κ2) is 7.94. The molecule has 0 saturated carbocycles. The highest BCUT2D eigenvalue weighted by Gasteiger charge is 2.36. The maximum atomic E-state index is 12.3. The van der Waals surface area contributed by atoms with Crippen molar-refractivity contribution < 1.29 is 14.3 Å². The van der Waals surface area contributed by atoms with E-state index in [0.717, 1.165) is 36.8 Å². The first-order valence-corrected chi connectivity index (χ1v) is 9.50. The molecule has 1 aliphatic carbocycles. The molecule has 0 aliphatic heterocycles. The summed E-state index contributed by atoms with van der Waals surface area (Å²) in [5.41, 5.74) is 2.32. The van der Waals surface area contributed by atoms with Crippen molar-refractivity contribution in [2.75, 3.05) is 13.7 Å². The second-order valence-electron chi connectivity index (χ2n) is 7.40. The lowest BCUT2D eigenvalue weighted by Crippen LogP contribution is -2.21. The van der Waals surface area contributed by atoms with Crippen LogP contribution in [0.4, 0.5) is 0 Å². The van der Waals surface area contributed by atoms with Crippen molar-refractivity contribution in [2.24, 2.45) is 5.41 Å². The van der Waals surface area contributed by atoms with Gasteiger partial charge in [0.15, 0.2) is 0 Å². The van der Waals surface area contributed by atoms with Crippen LogP contribution in [-0.4, -0.2) is 19.7 Å². The molecular formula is C23H28O3. The van der Waals surface area contributed by atoms with Crippen molar-refractivity contribution in [3.63, 3.8) is 0 Å². The number of hydrogen-bond acceptors (Lipinski definition) is 3. The SMILES string of the molecule is CCCCOC(=O)CC1(C)CCC=C1c1ccc2cc(OC)ccc2c1. The zero-order valence-electron chi connectivity index (χ0n) is 16.0. The summed E-state index contributed by atoms with van der Waals surface area (Å²) in [6.07, 6.45) is 6.70. The van der Waals surface area contributed by atoms with Crippen LogP contribution in [-0.2, 0) is 9.53 Å². The fraction of sp³-hybridized carbons (Fsp3) is 0.435. The Morgan fingerprint density at radius 3 is 2.69 bits per heavy atom. The van der Waals surface area contributed by atoms with Gasteiger partial charge in [0.2, 0.25) is 0 Å². The van der Waals surface area contributed by atoms with Crippen molar-refractivity contribution in [1.82, 2.24) is 0 Å². The quantitative estimate of drug-likeness (QED) is 0.469. The highest BCUT2D eigenvalue weighted by Crippen LogP contribution is 2.47. The number of allylic oxidation sites excluding steroid dienone is 2. The van der Waals surface area contributed by atoms with E-state index in [4.69, 9.17) is 9.47 Å². The first-order chi connectivity index (χ1) is 12.6. The number of methoxy groups -OCH3 is 1. The molecular weight excluding hydrogens is 324 g/mol. The smallest absolute Gasteiger partial charge is 0.306 e. The van der Waals surface area contributed by atoms with E-state index in [1.54, 1.807) is 7.11 Å². The number of ether oxygens (including phenoxy) is 2. The zero-order chi connectivity index (χ0) is 18.6. The van der Waals surface area contributed by atoms with E-state index in [-0.39, 0.29) is 11.4 Å². The van der Waals surface area contributed by atoms with Gasteiger partial charge in [-0.1, -0.05) is 44.5 Å². The van der Waals surface area contributed by atoms with E-state index >= 15 is 0 Å². The Morgan fingerprint density at radius 2 is 1.92 bits per heavy atom. The van der Waals surface area contributed by atoms with Crippen LogP contribution < -0.4 is 4.74 Å². The topological polar surface area (TPSA) is 35.5 Å². The first-order valence-electron chi connectivity index (χ1n) is 9.50. The third kappa shape index (κ3) is 3.92. The lowest BCUT2D eigenvalue weighted by molar-refractivity contribution is -0.145. The number of fused-ring (bicyclic) bond motifs is 1. The molecule has 3 nitrogen and oxygen atoms in total. The predicted octanol–water partition coefficient (Wildman–Crippen LogP) is 5.77. The molecule has 26 heavy (non-hydrogen) atoms. The predicted molar refractivity (Wildman–Crippen MR) is 106 cm³/mol. The van der Waals surface area contributed by atoms with Crippen LogP contribution in [0.2, 0.25) is 0 Å². The fourth-order valence-corrected chi connectivity index (χ4v) is 3.78. The van der Waals surface area contributed by atoms with Crippen LogP contribution in [0.5, 0.6) is 5.75 Å². The number of unbranched alkanes of at least 4 members (excludes halogenated alkanes) is 1. The number of esters is 1. The first kappa shape index (κ1) is 18.5. The highest BCUT2D eigenvalue weighted by atomic mass is 16.5. The Balaban J connectivity index is 1.80. The number of hydrogen-bond donors (Lipinski definition) is 0. The van der Waals surface area contributed by atoms with Gasteiger partial charge in [-0.15, -0.1) is 0 Å². The fourth-order valence-electron chi connectivity index (χ4n) is 3.78. The summed E-state index contributed by atoms with van der Waals surface area (Å²) in [6.45, 7) is 4.82. The van der Waals surface area contributed by atoms with Gasteiger partial charge in [0.1, 0.15) is 5.75 Å². The van der Waals surface area contributed by atoms with Crippen molar-refractivity contribution in [2.45, 2.75) is 46.0 Å². The van der Waals surface area contributed by atoms with Crippen LogP contribution in [0, 0.1) is 5.41 Å². The highest BCUT2D eigenvalue weighted by molar-refractivity contribution is 5.89. The zero-order valence-corrected chi connectivity index (χ0v) is 16.0. The third-order valence-corrected chi connectivity index (χ3v) is 5.35. The summed E-state index contributed by atoms with van der Waals surface area (Å²) in [4.78, 5) is 12.3. The minimum atomic E-state index is -0.149. The van der Waals surface area contributed by atoms with Gasteiger partial charge in [-0.25, -0.2) is 0 Å². The van der Waals surface area contributed by atoms with Gasteiger partial charge in [0.25, 0.3) is 0 Å². The van der Waals surface area contributed by atoms with E-state index in [9.17, 15) is 4.79 Å². The van der Waals surface area contributed by atoms with E-state index in [2.05, 4.69) is 44.2 Å². The summed E-state index contributed by atoms with van der Waals surface area (Å²) < 4.78 is 10.7. The molecule has 2 aromatic carbocycles. The van der Waals surface area contributed by atoms with Gasteiger partial charge in [-0.3, -0.25) is 4.79 Å². The van der Waals surface area contributed by atoms with E-state index in [1.165, 1.54) is 16.5 Å². The van der Waals surface area contributed by atoms with Gasteiger partial charge in [0.05, 0.1) is 20.1 Å². The van der Waals surface area contributed by atoms with Crippen molar-refractivity contribution >= 4 is 22.3 Å². The standard InChI is InChI=1S/C23H28O3/c1-4-5-13-26-22(24)16-23(2)12-6-7-21(23)19-9-8-18-15-20(25-3)11-10-17(18)14-19/h7-11,14-15H,4-6,12-13,16H2,1-3H3. The molecule has 1 atom stereocenters. The molecule has 3 heteroatoms. The third-order valence-electron chi connectivity index (χ3n) is 5.35. The molecule has 0 amide bonds. The Bertz CT molecular complexity index is 821. The van der Waals surface area contributed by atoms with Crippen molar-refractivity contribution in [3.05, 3.63) is 48.0 Å². The molecule has 1 unspecified atom stereocenters. The summed E-state index contributed by atoms with van der Waals surface area (Å²) in [7, 11) is 1.68. The van der Waals surface area contributed by atoms with Crippen LogP contribution >= 0.6 is 0 Å². The number of carbonyl (C=O) groups is 1. The van der Waals surface area contributed by atoms with Crippen LogP contribution in [0.3, 0.4) is 0 Å². The normalized spacial score (nSPS) is 19.4. The minimum Gasteiger partial charge on any atom is -0.497 e. The summed E-state index contributed by atoms with van der Waals surface area (Å²) >= 11 is 0. The second-order valence-corrected chi connectivity index (χ2v) is 7.40. The summed E-state index contributed by atoms with van der Waals surface area (Å²) in [5.74, 6) is 0.782. The molecule has 0 radical (unpaired) electrons. The number of carbonyl (C=O) groups excluding carboxylic acids is 1. The molecule has 3 rings (SSSR count). The Kier molecular flexibility index (Phi) is 5.65. The van der Waals surface area contributed by atoms with Gasteiger partial charge in [-0.2, -0.15) is 0 Å². The van der Waals surface area contributed by atoms with Crippen LogP contribution in [0.15, 0.2) is 42.5 Å². The molecule has 0 heterocycles. The minimum absolute atomic E-state index is 0.0840. The lowest BCUT2D eigenvalue weighted by atomic mass is 9.77. The van der Waals surface area contributed by atoms with E-state index in [0.29, 0.717) is 13.0 Å². The molecule has 0 bridgehead atoms. The average molecular weight is 352 g/mol. The van der Waals surface area contributed by atoms with Crippen molar-refractivity contribution in [3.8, 4) is 5.75 Å². The molecule has 0 spiro atoms. The van der Waals surface area contributed by atoms with Gasteiger partial charge < -0.3 is 9.47 Å². The lowest BCUT2D eigenvalue weighted by Gasteiger charge is -2.27. The molecule has 138 valence electrons. The van der Waals surface area contributed by atoms with Crippen molar-refractivity contribution in [1.29, 1.82) is 0 Å².